The molecule has 0 aliphatic heterocycles. The average molecular weight is 562 g/mol. The smallest absolute Gasteiger partial charge is 0.339 e. The van der Waals surface area contributed by atoms with Crippen LogP contribution in [0.2, 0.25) is 10.0 Å². The lowest BCUT2D eigenvalue weighted by Gasteiger charge is -2.13. The Balaban J connectivity index is 1.91. The number of amides is 1. The van der Waals surface area contributed by atoms with E-state index in [4.69, 9.17) is 32.1 Å². The van der Waals surface area contributed by atoms with Crippen LogP contribution < -0.4 is 14.2 Å². The quantitative estimate of drug-likeness (QED) is 0.124. The molecule has 0 fully saturated rings. The third kappa shape index (κ3) is 6.56. The summed E-state index contributed by atoms with van der Waals surface area (Å²) in [4.78, 5) is 22.9. The van der Waals surface area contributed by atoms with Crippen LogP contribution in [0.1, 0.15) is 11.1 Å². The van der Waals surface area contributed by atoms with E-state index in [1.165, 1.54) is 49.6 Å². The number of nitrogens with one attached hydrogen (secondary N) is 1. The standard InChI is InChI=1S/C24H17Cl2N3O7S/c1-14-3-6-18(7-4-14)37(33,34)36-23-20(26)10-15(11-22(23)35-2)9-16(13-27)24(30)28-17-5-8-19(25)21(12-17)29(31)32/h3-12H,1-2H3,(H,28,30)/b16-9+. The fourth-order valence-corrected chi connectivity index (χ4v) is 4.46. The summed E-state index contributed by atoms with van der Waals surface area (Å²) in [5.41, 5.74) is 0.322. The summed E-state index contributed by atoms with van der Waals surface area (Å²) in [6.45, 7) is 1.80. The number of halogens is 2. The molecule has 0 aromatic heterocycles. The van der Waals surface area contributed by atoms with Crippen molar-refractivity contribution < 1.29 is 27.1 Å². The highest BCUT2D eigenvalue weighted by atomic mass is 35.5. The Labute approximate surface area is 221 Å². The molecule has 1 amide bonds. The van der Waals surface area contributed by atoms with E-state index in [2.05, 4.69) is 5.32 Å². The van der Waals surface area contributed by atoms with Crippen molar-refractivity contribution >= 4 is 56.7 Å². The van der Waals surface area contributed by atoms with Crippen LogP contribution in [0.3, 0.4) is 0 Å². The molecule has 0 saturated heterocycles. The van der Waals surface area contributed by atoms with Gasteiger partial charge in [-0.15, -0.1) is 0 Å². The van der Waals surface area contributed by atoms with Crippen molar-refractivity contribution in [1.82, 2.24) is 0 Å². The van der Waals surface area contributed by atoms with Gasteiger partial charge in [0.25, 0.3) is 11.6 Å². The summed E-state index contributed by atoms with van der Waals surface area (Å²) in [7, 11) is -2.98. The van der Waals surface area contributed by atoms with Gasteiger partial charge >= 0.3 is 10.1 Å². The van der Waals surface area contributed by atoms with Crippen LogP contribution in [0.15, 0.2) is 65.1 Å². The Morgan fingerprint density at radius 3 is 2.38 bits per heavy atom. The predicted molar refractivity (Wildman–Crippen MR) is 137 cm³/mol. The van der Waals surface area contributed by atoms with Gasteiger partial charge in [-0.3, -0.25) is 14.9 Å². The maximum absolute atomic E-state index is 12.7. The highest BCUT2D eigenvalue weighted by molar-refractivity contribution is 7.87. The normalized spacial score (nSPS) is 11.4. The van der Waals surface area contributed by atoms with Gasteiger partial charge in [-0.1, -0.05) is 40.9 Å². The summed E-state index contributed by atoms with van der Waals surface area (Å²) < 4.78 is 35.8. The van der Waals surface area contributed by atoms with Crippen molar-refractivity contribution in [3.63, 3.8) is 0 Å². The largest absolute Gasteiger partial charge is 0.493 e. The highest BCUT2D eigenvalue weighted by Crippen LogP contribution is 2.39. The van der Waals surface area contributed by atoms with Crippen LogP contribution >= 0.6 is 23.2 Å². The van der Waals surface area contributed by atoms with Crippen LogP contribution in [-0.4, -0.2) is 26.4 Å². The molecule has 3 rings (SSSR count). The summed E-state index contributed by atoms with van der Waals surface area (Å²) in [5, 5.41) is 22.7. The van der Waals surface area contributed by atoms with Gasteiger partial charge in [0, 0.05) is 11.8 Å². The Kier molecular flexibility index (Phi) is 8.39. The third-order valence-corrected chi connectivity index (χ3v) is 6.67. The third-order valence-electron chi connectivity index (χ3n) is 4.83. The molecule has 0 unspecified atom stereocenters. The molecule has 0 aliphatic rings. The number of hydrogen-bond acceptors (Lipinski definition) is 8. The van der Waals surface area contributed by atoms with E-state index in [1.807, 2.05) is 0 Å². The van der Waals surface area contributed by atoms with E-state index in [-0.39, 0.29) is 43.3 Å². The average Bonchev–Trinajstić information content (AvgIpc) is 2.85. The fraction of sp³-hybridized carbons (Fsp3) is 0.0833. The number of nitro groups is 1. The van der Waals surface area contributed by atoms with E-state index >= 15 is 0 Å². The molecule has 0 spiro atoms. The van der Waals surface area contributed by atoms with E-state index in [1.54, 1.807) is 25.1 Å². The van der Waals surface area contributed by atoms with Gasteiger partial charge in [0.2, 0.25) is 5.75 Å². The monoisotopic (exact) mass is 561 g/mol. The van der Waals surface area contributed by atoms with Crippen molar-refractivity contribution in [2.24, 2.45) is 0 Å². The van der Waals surface area contributed by atoms with Gasteiger partial charge in [-0.05, 0) is 55.0 Å². The van der Waals surface area contributed by atoms with E-state index in [0.29, 0.717) is 0 Å². The first-order valence-electron chi connectivity index (χ1n) is 10.2. The van der Waals surface area contributed by atoms with Gasteiger partial charge in [0.05, 0.1) is 17.1 Å². The summed E-state index contributed by atoms with van der Waals surface area (Å²) >= 11 is 12.0. The van der Waals surface area contributed by atoms with Crippen LogP contribution in [0, 0.1) is 28.4 Å². The number of rotatable bonds is 8. The zero-order valence-electron chi connectivity index (χ0n) is 19.2. The minimum absolute atomic E-state index is 0.0444. The number of aryl methyl sites for hydroxylation is 1. The van der Waals surface area contributed by atoms with Gasteiger partial charge in [-0.25, -0.2) is 0 Å². The summed E-state index contributed by atoms with van der Waals surface area (Å²) in [5.74, 6) is -1.21. The second kappa shape index (κ2) is 11.3. The molecular formula is C24H17Cl2N3O7S. The lowest BCUT2D eigenvalue weighted by atomic mass is 10.1. The van der Waals surface area contributed by atoms with Crippen LogP contribution in [0.25, 0.3) is 6.08 Å². The molecule has 0 saturated carbocycles. The maximum Gasteiger partial charge on any atom is 0.339 e. The molecule has 1 N–H and O–H groups in total. The van der Waals surface area contributed by atoms with Crippen LogP contribution in [0.5, 0.6) is 11.5 Å². The van der Waals surface area contributed by atoms with Crippen molar-refractivity contribution in [1.29, 1.82) is 5.26 Å². The Hall–Kier alpha value is -4.11. The molecule has 0 atom stereocenters. The predicted octanol–water partition coefficient (Wildman–Crippen LogP) is 5.53. The lowest BCUT2D eigenvalue weighted by molar-refractivity contribution is -0.384. The number of nitro benzene ring substituents is 1. The number of nitrogens with zero attached hydrogens (tertiary/aromatic N) is 2. The molecule has 13 heteroatoms. The first-order chi connectivity index (χ1) is 17.4. The number of carbonyl (C=O) groups is 1. The van der Waals surface area contributed by atoms with Gasteiger partial charge < -0.3 is 14.2 Å². The first-order valence-corrected chi connectivity index (χ1v) is 12.4. The zero-order valence-corrected chi connectivity index (χ0v) is 21.5. The number of anilines is 1. The Bertz CT molecular complexity index is 1560. The highest BCUT2D eigenvalue weighted by Gasteiger charge is 2.23. The maximum atomic E-state index is 12.7. The Morgan fingerprint density at radius 2 is 1.78 bits per heavy atom. The second-order valence-corrected chi connectivity index (χ2v) is 9.79. The minimum atomic E-state index is -4.24. The molecule has 0 heterocycles. The van der Waals surface area contributed by atoms with Gasteiger partial charge in [-0.2, -0.15) is 13.7 Å². The number of nitriles is 1. The molecule has 0 radical (unpaired) electrons. The number of benzene rings is 3. The van der Waals surface area contributed by atoms with Crippen LogP contribution in [0.4, 0.5) is 11.4 Å². The molecular weight excluding hydrogens is 545 g/mol. The van der Waals surface area contributed by atoms with Gasteiger partial charge in [0.15, 0.2) is 5.75 Å². The summed E-state index contributed by atoms with van der Waals surface area (Å²) in [6.07, 6.45) is 1.17. The van der Waals surface area contributed by atoms with Crippen LogP contribution in [-0.2, 0) is 14.9 Å². The second-order valence-electron chi connectivity index (χ2n) is 7.43. The van der Waals surface area contributed by atoms with Gasteiger partial charge in [0.1, 0.15) is 21.6 Å². The van der Waals surface area contributed by atoms with E-state index in [9.17, 15) is 28.6 Å². The molecule has 190 valence electrons. The fourth-order valence-electron chi connectivity index (χ4n) is 3.01. The lowest BCUT2D eigenvalue weighted by Crippen LogP contribution is -2.13. The molecule has 37 heavy (non-hydrogen) atoms. The van der Waals surface area contributed by atoms with Crippen molar-refractivity contribution in [2.45, 2.75) is 11.8 Å². The SMILES string of the molecule is COc1cc(/C=C(\C#N)C(=O)Nc2ccc(Cl)c([N+](=O)[O-])c2)cc(Cl)c1OS(=O)(=O)c1ccc(C)cc1. The minimum Gasteiger partial charge on any atom is -0.493 e. The van der Waals surface area contributed by atoms with Crippen molar-refractivity contribution in [3.05, 3.63) is 91.5 Å². The number of hydrogen-bond donors (Lipinski definition) is 1. The zero-order chi connectivity index (χ0) is 27.3. The summed E-state index contributed by atoms with van der Waals surface area (Å²) in [6, 6.07) is 13.9. The van der Waals surface area contributed by atoms with E-state index in [0.717, 1.165) is 11.6 Å². The molecule has 3 aromatic carbocycles. The molecule has 0 bridgehead atoms. The number of ether oxygens (including phenoxy) is 1. The molecule has 3 aromatic rings. The van der Waals surface area contributed by atoms with E-state index < -0.39 is 26.6 Å². The van der Waals surface area contributed by atoms with Crippen molar-refractivity contribution in [3.8, 4) is 17.6 Å². The van der Waals surface area contributed by atoms with Crippen molar-refractivity contribution in [2.75, 3.05) is 12.4 Å². The number of carbonyl (C=O) groups excluding carboxylic acids is 1. The molecule has 10 nitrogen and oxygen atoms in total. The Morgan fingerprint density at radius 1 is 1.11 bits per heavy atom. The number of methoxy groups -OCH3 is 1. The first kappa shape index (κ1) is 27.5. The molecule has 0 aliphatic carbocycles. The topological polar surface area (TPSA) is 149 Å².